The Morgan fingerprint density at radius 2 is 2.25 bits per heavy atom. The summed E-state index contributed by atoms with van der Waals surface area (Å²) in [6.07, 6.45) is 2.07. The van der Waals surface area contributed by atoms with Gasteiger partial charge in [0.15, 0.2) is 6.29 Å². The fraction of sp³-hybridized carbons (Fsp3) is 0.0909. The number of aliphatic imine (C=N–C) groups is 1. The molecule has 0 radical (unpaired) electrons. The average Bonchev–Trinajstić information content (AvgIpc) is 2.20. The number of benzene rings is 1. The van der Waals surface area contributed by atoms with Crippen LogP contribution in [0.15, 0.2) is 35.0 Å². The highest BCUT2D eigenvalue weighted by Crippen LogP contribution is 2.22. The van der Waals surface area contributed by atoms with E-state index in [1.807, 2.05) is 22.6 Å². The van der Waals surface area contributed by atoms with E-state index in [4.69, 9.17) is 5.73 Å². The summed E-state index contributed by atoms with van der Waals surface area (Å²) < 4.78 is 13.5. The van der Waals surface area contributed by atoms with Crippen molar-refractivity contribution in [3.8, 4) is 0 Å². The minimum Gasteiger partial charge on any atom is -0.402 e. The van der Waals surface area contributed by atoms with Crippen molar-refractivity contribution in [2.24, 2.45) is 10.7 Å². The Morgan fingerprint density at radius 1 is 1.56 bits per heavy atom. The van der Waals surface area contributed by atoms with E-state index >= 15 is 0 Å². The second-order valence-electron chi connectivity index (χ2n) is 3.14. The van der Waals surface area contributed by atoms with Gasteiger partial charge in [-0.3, -0.25) is 4.79 Å². The molecule has 16 heavy (non-hydrogen) atoms. The van der Waals surface area contributed by atoms with Crippen LogP contribution in [0.25, 0.3) is 0 Å². The van der Waals surface area contributed by atoms with Gasteiger partial charge in [-0.25, -0.2) is 9.38 Å². The van der Waals surface area contributed by atoms with Crippen molar-refractivity contribution in [2.75, 3.05) is 0 Å². The standard InChI is InChI=1S/C11H10FIN2O/c1-7(14)4-9(6-16)15-11-3-2-8(12)5-10(11)13/h2-6H,14H2,1H3. The monoisotopic (exact) mass is 332 g/mol. The summed E-state index contributed by atoms with van der Waals surface area (Å²) in [6.45, 7) is 1.66. The fourth-order valence-electron chi connectivity index (χ4n) is 1.04. The van der Waals surface area contributed by atoms with Crippen molar-refractivity contribution in [2.45, 2.75) is 6.92 Å². The van der Waals surface area contributed by atoms with Gasteiger partial charge in [0.25, 0.3) is 0 Å². The molecule has 0 aliphatic carbocycles. The van der Waals surface area contributed by atoms with Gasteiger partial charge < -0.3 is 5.73 Å². The number of halogens is 2. The molecule has 0 aliphatic heterocycles. The number of carbonyl (C=O) groups is 1. The van der Waals surface area contributed by atoms with Gasteiger partial charge in [-0.2, -0.15) is 0 Å². The molecule has 3 nitrogen and oxygen atoms in total. The van der Waals surface area contributed by atoms with E-state index in [1.54, 1.807) is 6.92 Å². The summed E-state index contributed by atoms with van der Waals surface area (Å²) in [6, 6.07) is 4.16. The van der Waals surface area contributed by atoms with Gasteiger partial charge in [0.05, 0.1) is 5.69 Å². The second-order valence-corrected chi connectivity index (χ2v) is 4.30. The average molecular weight is 332 g/mol. The normalized spacial score (nSPS) is 12.7. The zero-order valence-electron chi connectivity index (χ0n) is 8.58. The Kier molecular flexibility index (Phi) is 4.60. The lowest BCUT2D eigenvalue weighted by atomic mass is 10.3. The van der Waals surface area contributed by atoms with Crippen LogP contribution in [0.3, 0.4) is 0 Å². The molecular formula is C11H10FIN2O. The Morgan fingerprint density at radius 3 is 2.75 bits per heavy atom. The molecule has 2 N–H and O–H groups in total. The highest BCUT2D eigenvalue weighted by Gasteiger charge is 2.01. The Bertz CT molecular complexity index is 465. The Labute approximate surface area is 106 Å². The lowest BCUT2D eigenvalue weighted by Crippen LogP contribution is -2.00. The first-order valence-electron chi connectivity index (χ1n) is 4.45. The summed E-state index contributed by atoms with van der Waals surface area (Å²) in [5.41, 5.74) is 6.69. The van der Waals surface area contributed by atoms with E-state index < -0.39 is 0 Å². The van der Waals surface area contributed by atoms with E-state index in [9.17, 15) is 9.18 Å². The number of allylic oxidation sites excluding steroid dienone is 2. The van der Waals surface area contributed by atoms with Gasteiger partial charge in [0.1, 0.15) is 11.5 Å². The highest BCUT2D eigenvalue weighted by molar-refractivity contribution is 14.1. The minimum atomic E-state index is -0.332. The number of aldehydes is 1. The maximum absolute atomic E-state index is 12.8. The van der Waals surface area contributed by atoms with Crippen molar-refractivity contribution in [3.05, 3.63) is 39.4 Å². The van der Waals surface area contributed by atoms with Crippen molar-refractivity contribution in [3.63, 3.8) is 0 Å². The van der Waals surface area contributed by atoms with Crippen LogP contribution in [0.4, 0.5) is 10.1 Å². The smallest absolute Gasteiger partial charge is 0.168 e. The molecule has 0 unspecified atom stereocenters. The SMILES string of the molecule is CC(N)=CC(C=O)=Nc1ccc(F)cc1I. The van der Waals surface area contributed by atoms with Crippen LogP contribution >= 0.6 is 22.6 Å². The van der Waals surface area contributed by atoms with Crippen molar-refractivity contribution in [1.82, 2.24) is 0 Å². The number of hydrogen-bond donors (Lipinski definition) is 1. The van der Waals surface area contributed by atoms with Crippen LogP contribution in [-0.2, 0) is 4.79 Å². The minimum absolute atomic E-state index is 0.213. The summed E-state index contributed by atoms with van der Waals surface area (Å²) in [4.78, 5) is 14.8. The third-order valence-electron chi connectivity index (χ3n) is 1.66. The molecule has 0 amide bonds. The predicted molar refractivity (Wildman–Crippen MR) is 70.2 cm³/mol. The first kappa shape index (κ1) is 12.8. The third kappa shape index (κ3) is 3.73. The Hall–Kier alpha value is -1.24. The second kappa shape index (κ2) is 5.74. The van der Waals surface area contributed by atoms with E-state index in [-0.39, 0.29) is 11.5 Å². The van der Waals surface area contributed by atoms with Gasteiger partial charge in [0.2, 0.25) is 0 Å². The maximum atomic E-state index is 12.8. The molecule has 0 aliphatic rings. The molecule has 0 fully saturated rings. The summed E-state index contributed by atoms with van der Waals surface area (Å²) >= 11 is 1.95. The maximum Gasteiger partial charge on any atom is 0.168 e. The molecule has 0 saturated carbocycles. The molecule has 0 aromatic heterocycles. The molecule has 0 bridgehead atoms. The summed E-state index contributed by atoms with van der Waals surface area (Å²) in [7, 11) is 0. The number of nitrogens with two attached hydrogens (primary N) is 1. The van der Waals surface area contributed by atoms with Crippen LogP contribution in [0.5, 0.6) is 0 Å². The van der Waals surface area contributed by atoms with Crippen LogP contribution in [0, 0.1) is 9.39 Å². The lowest BCUT2D eigenvalue weighted by Gasteiger charge is -1.99. The van der Waals surface area contributed by atoms with Gasteiger partial charge in [-0.15, -0.1) is 0 Å². The van der Waals surface area contributed by atoms with Crippen molar-refractivity contribution < 1.29 is 9.18 Å². The summed E-state index contributed by atoms with van der Waals surface area (Å²) in [5, 5.41) is 0. The number of carbonyl (C=O) groups excluding carboxylic acids is 1. The van der Waals surface area contributed by atoms with E-state index in [2.05, 4.69) is 4.99 Å². The van der Waals surface area contributed by atoms with E-state index in [0.29, 0.717) is 21.2 Å². The molecule has 84 valence electrons. The van der Waals surface area contributed by atoms with Crippen LogP contribution in [-0.4, -0.2) is 12.0 Å². The molecule has 5 heteroatoms. The first-order valence-corrected chi connectivity index (χ1v) is 5.53. The number of nitrogens with zero attached hydrogens (tertiary/aromatic N) is 1. The van der Waals surface area contributed by atoms with Gasteiger partial charge >= 0.3 is 0 Å². The van der Waals surface area contributed by atoms with Crippen molar-refractivity contribution in [1.29, 1.82) is 0 Å². The molecule has 0 atom stereocenters. The lowest BCUT2D eigenvalue weighted by molar-refractivity contribution is -0.102. The van der Waals surface area contributed by atoms with Crippen LogP contribution in [0.2, 0.25) is 0 Å². The topological polar surface area (TPSA) is 55.5 Å². The van der Waals surface area contributed by atoms with E-state index in [1.165, 1.54) is 24.3 Å². The quantitative estimate of drug-likeness (QED) is 0.525. The van der Waals surface area contributed by atoms with E-state index in [0.717, 1.165) is 0 Å². The van der Waals surface area contributed by atoms with Crippen LogP contribution in [0.1, 0.15) is 6.92 Å². The zero-order valence-corrected chi connectivity index (χ0v) is 10.7. The highest BCUT2D eigenvalue weighted by atomic mass is 127. The molecule has 0 saturated heterocycles. The third-order valence-corrected chi connectivity index (χ3v) is 2.52. The Balaban J connectivity index is 3.14. The molecular weight excluding hydrogens is 322 g/mol. The number of rotatable bonds is 3. The molecule has 1 aromatic rings. The predicted octanol–water partition coefficient (Wildman–Crippen LogP) is 2.56. The molecule has 0 heterocycles. The zero-order chi connectivity index (χ0) is 12.1. The fourth-order valence-corrected chi connectivity index (χ4v) is 1.63. The molecule has 0 spiro atoms. The first-order chi connectivity index (χ1) is 7.52. The van der Waals surface area contributed by atoms with Crippen molar-refractivity contribution >= 4 is 40.3 Å². The van der Waals surface area contributed by atoms with Gasteiger partial charge in [-0.05, 0) is 53.8 Å². The van der Waals surface area contributed by atoms with Crippen LogP contribution < -0.4 is 5.73 Å². The molecule has 1 rings (SSSR count). The van der Waals surface area contributed by atoms with Gasteiger partial charge in [-0.1, -0.05) is 0 Å². The largest absolute Gasteiger partial charge is 0.402 e. The number of hydrogen-bond acceptors (Lipinski definition) is 3. The van der Waals surface area contributed by atoms with Gasteiger partial charge in [0, 0.05) is 9.27 Å². The summed E-state index contributed by atoms with van der Waals surface area (Å²) in [5.74, 6) is -0.332. The molecule has 1 aromatic carbocycles.